The van der Waals surface area contributed by atoms with Crippen LogP contribution in [-0.4, -0.2) is 52.0 Å². The second kappa shape index (κ2) is 7.72. The number of hydrogen-bond acceptors (Lipinski definition) is 5. The van der Waals surface area contributed by atoms with E-state index in [-0.39, 0.29) is 10.9 Å². The van der Waals surface area contributed by atoms with Gasteiger partial charge in [0.15, 0.2) is 0 Å². The summed E-state index contributed by atoms with van der Waals surface area (Å²) in [5, 5.41) is 2.89. The Hall–Kier alpha value is -1.18. The van der Waals surface area contributed by atoms with Gasteiger partial charge in [-0.05, 0) is 32.5 Å². The fourth-order valence-corrected chi connectivity index (χ4v) is 3.65. The zero-order valence-corrected chi connectivity index (χ0v) is 14.2. The summed E-state index contributed by atoms with van der Waals surface area (Å²) in [7, 11) is 1.97. The molecule has 0 amide bonds. The summed E-state index contributed by atoms with van der Waals surface area (Å²) in [6.45, 7) is 4.83. The summed E-state index contributed by atoms with van der Waals surface area (Å²) in [4.78, 5) is 6.08. The van der Waals surface area contributed by atoms with Crippen molar-refractivity contribution in [2.24, 2.45) is 5.92 Å². The Morgan fingerprint density at radius 2 is 2.00 bits per heavy atom. The summed E-state index contributed by atoms with van der Waals surface area (Å²) >= 11 is 0. The lowest BCUT2D eigenvalue weighted by molar-refractivity contribution is 0.329. The number of likely N-dealkylation sites (N-methyl/N-ethyl adjacent to an activating group) is 1. The molecule has 1 rings (SSSR count). The van der Waals surface area contributed by atoms with Gasteiger partial charge in [-0.25, -0.2) is 13.1 Å². The second-order valence-corrected chi connectivity index (χ2v) is 7.51. The minimum atomic E-state index is -3.60. The van der Waals surface area contributed by atoms with Gasteiger partial charge in [-0.3, -0.25) is 4.98 Å². The topological polar surface area (TPSA) is 74.3 Å². The molecule has 0 aromatic carbocycles. The second-order valence-electron chi connectivity index (χ2n) is 5.83. The van der Waals surface area contributed by atoms with E-state index in [9.17, 15) is 8.42 Å². The summed E-state index contributed by atoms with van der Waals surface area (Å²) in [6, 6.07) is 1.52. The highest BCUT2D eigenvalue weighted by molar-refractivity contribution is 7.89. The van der Waals surface area contributed by atoms with Crippen LogP contribution < -0.4 is 10.0 Å². The number of nitrogens with zero attached hydrogens (tertiary/aromatic N) is 2. The molecule has 1 heterocycles. The quantitative estimate of drug-likeness (QED) is 0.758. The molecule has 7 heteroatoms. The molecule has 2 N–H and O–H groups in total. The maximum Gasteiger partial charge on any atom is 0.244 e. The summed E-state index contributed by atoms with van der Waals surface area (Å²) in [5.41, 5.74) is 0.547. The molecule has 0 bridgehead atoms. The SMILES string of the molecule is CNc1ccncc1S(=O)(=O)NC(CC(C)C)CN(C)C. The van der Waals surface area contributed by atoms with E-state index in [1.54, 1.807) is 19.3 Å². The van der Waals surface area contributed by atoms with Crippen LogP contribution in [0, 0.1) is 5.92 Å². The minimum Gasteiger partial charge on any atom is -0.387 e. The first-order valence-corrected chi connectivity index (χ1v) is 8.53. The lowest BCUT2D eigenvalue weighted by Gasteiger charge is -2.24. The minimum absolute atomic E-state index is 0.130. The van der Waals surface area contributed by atoms with Gasteiger partial charge in [0.1, 0.15) is 4.90 Å². The van der Waals surface area contributed by atoms with Gasteiger partial charge in [-0.1, -0.05) is 13.8 Å². The zero-order chi connectivity index (χ0) is 16.0. The number of anilines is 1. The van der Waals surface area contributed by atoms with E-state index in [1.165, 1.54) is 6.20 Å². The zero-order valence-electron chi connectivity index (χ0n) is 13.4. The van der Waals surface area contributed by atoms with E-state index >= 15 is 0 Å². The van der Waals surface area contributed by atoms with Crippen LogP contribution in [-0.2, 0) is 10.0 Å². The highest BCUT2D eigenvalue weighted by Crippen LogP contribution is 2.20. The average molecular weight is 314 g/mol. The Labute approximate surface area is 128 Å². The van der Waals surface area contributed by atoms with E-state index in [1.807, 2.05) is 19.0 Å². The monoisotopic (exact) mass is 314 g/mol. The van der Waals surface area contributed by atoms with Crippen molar-refractivity contribution in [1.29, 1.82) is 0 Å². The van der Waals surface area contributed by atoms with Crippen LogP contribution in [0.3, 0.4) is 0 Å². The summed E-state index contributed by atoms with van der Waals surface area (Å²) in [5.74, 6) is 0.412. The van der Waals surface area contributed by atoms with Crippen molar-refractivity contribution in [3.05, 3.63) is 18.5 Å². The average Bonchev–Trinajstić information content (AvgIpc) is 2.36. The van der Waals surface area contributed by atoms with Crippen LogP contribution in [0.4, 0.5) is 5.69 Å². The lowest BCUT2D eigenvalue weighted by Crippen LogP contribution is -2.42. The van der Waals surface area contributed by atoms with E-state index in [0.29, 0.717) is 18.2 Å². The molecule has 0 saturated carbocycles. The van der Waals surface area contributed by atoms with Crippen molar-refractivity contribution in [1.82, 2.24) is 14.6 Å². The van der Waals surface area contributed by atoms with Crippen LogP contribution in [0.15, 0.2) is 23.4 Å². The fraction of sp³-hybridized carbons (Fsp3) is 0.643. The fourth-order valence-electron chi connectivity index (χ4n) is 2.25. The first kappa shape index (κ1) is 17.9. The van der Waals surface area contributed by atoms with Crippen LogP contribution in [0.1, 0.15) is 20.3 Å². The molecular formula is C14H26N4O2S. The molecule has 1 aromatic rings. The molecule has 0 saturated heterocycles. The van der Waals surface area contributed by atoms with Crippen molar-refractivity contribution in [2.45, 2.75) is 31.2 Å². The van der Waals surface area contributed by atoms with Crippen molar-refractivity contribution in [3.8, 4) is 0 Å². The first-order valence-electron chi connectivity index (χ1n) is 7.05. The molecule has 0 spiro atoms. The van der Waals surface area contributed by atoms with Gasteiger partial charge in [0, 0.05) is 32.0 Å². The van der Waals surface area contributed by atoms with Gasteiger partial charge in [0.2, 0.25) is 10.0 Å². The molecular weight excluding hydrogens is 288 g/mol. The Kier molecular flexibility index (Phi) is 6.57. The van der Waals surface area contributed by atoms with Crippen molar-refractivity contribution in [2.75, 3.05) is 33.0 Å². The van der Waals surface area contributed by atoms with Gasteiger partial charge in [0.25, 0.3) is 0 Å². The number of hydrogen-bond donors (Lipinski definition) is 2. The molecule has 0 radical (unpaired) electrons. The Morgan fingerprint density at radius 1 is 1.33 bits per heavy atom. The largest absolute Gasteiger partial charge is 0.387 e. The maximum atomic E-state index is 12.6. The van der Waals surface area contributed by atoms with Gasteiger partial charge >= 0.3 is 0 Å². The van der Waals surface area contributed by atoms with Crippen molar-refractivity contribution >= 4 is 15.7 Å². The number of pyridine rings is 1. The molecule has 0 aliphatic carbocycles. The van der Waals surface area contributed by atoms with Gasteiger partial charge < -0.3 is 10.2 Å². The third-order valence-electron chi connectivity index (χ3n) is 3.01. The number of nitrogens with one attached hydrogen (secondary N) is 2. The summed E-state index contributed by atoms with van der Waals surface area (Å²) < 4.78 is 27.9. The molecule has 0 fully saturated rings. The Balaban J connectivity index is 2.99. The normalized spacial score (nSPS) is 13.7. The highest BCUT2D eigenvalue weighted by atomic mass is 32.2. The van der Waals surface area contributed by atoms with Crippen LogP contribution >= 0.6 is 0 Å². The van der Waals surface area contributed by atoms with Gasteiger partial charge in [-0.2, -0.15) is 0 Å². The number of rotatable bonds is 8. The molecule has 21 heavy (non-hydrogen) atoms. The first-order chi connectivity index (χ1) is 9.76. The molecule has 0 aliphatic rings. The van der Waals surface area contributed by atoms with E-state index in [2.05, 4.69) is 28.9 Å². The molecule has 1 atom stereocenters. The smallest absolute Gasteiger partial charge is 0.244 e. The third kappa shape index (κ3) is 5.61. The number of sulfonamides is 1. The van der Waals surface area contributed by atoms with Gasteiger partial charge in [-0.15, -0.1) is 0 Å². The van der Waals surface area contributed by atoms with E-state index in [0.717, 1.165) is 6.42 Å². The Bertz CT molecular complexity index is 534. The number of aromatic nitrogens is 1. The molecule has 6 nitrogen and oxygen atoms in total. The van der Waals surface area contributed by atoms with E-state index in [4.69, 9.17) is 0 Å². The summed E-state index contributed by atoms with van der Waals surface area (Å²) in [6.07, 6.45) is 3.72. The van der Waals surface area contributed by atoms with E-state index < -0.39 is 10.0 Å². The highest BCUT2D eigenvalue weighted by Gasteiger charge is 2.23. The molecule has 1 unspecified atom stereocenters. The lowest BCUT2D eigenvalue weighted by atomic mass is 10.0. The van der Waals surface area contributed by atoms with Crippen molar-refractivity contribution < 1.29 is 8.42 Å². The van der Waals surface area contributed by atoms with Gasteiger partial charge in [0.05, 0.1) is 5.69 Å². The Morgan fingerprint density at radius 3 is 2.52 bits per heavy atom. The predicted octanol–water partition coefficient (Wildman–Crippen LogP) is 1.38. The van der Waals surface area contributed by atoms with Crippen LogP contribution in [0.2, 0.25) is 0 Å². The van der Waals surface area contributed by atoms with Crippen LogP contribution in [0.25, 0.3) is 0 Å². The van der Waals surface area contributed by atoms with Crippen molar-refractivity contribution in [3.63, 3.8) is 0 Å². The molecule has 120 valence electrons. The van der Waals surface area contributed by atoms with Crippen LogP contribution in [0.5, 0.6) is 0 Å². The maximum absolute atomic E-state index is 12.6. The molecule has 1 aromatic heterocycles. The third-order valence-corrected chi connectivity index (χ3v) is 4.55. The molecule has 0 aliphatic heterocycles. The standard InChI is InChI=1S/C14H26N4O2S/c1-11(2)8-12(10-18(4)5)17-21(19,20)14-9-16-7-6-13(14)15-3/h6-7,9,11-12,17H,8,10H2,1-5H3,(H,15,16). The predicted molar refractivity (Wildman–Crippen MR) is 85.9 cm³/mol.